The Hall–Kier alpha value is -6.73. The van der Waals surface area contributed by atoms with Gasteiger partial charge in [-0.25, -0.2) is 4.85 Å². The number of alkyl halides is 3. The highest BCUT2D eigenvalue weighted by Gasteiger charge is 2.47. The van der Waals surface area contributed by atoms with Crippen molar-refractivity contribution in [3.05, 3.63) is 59.4 Å². The summed E-state index contributed by atoms with van der Waals surface area (Å²) in [6.07, 6.45) is 0.200. The number of benzene rings is 2. The maximum absolute atomic E-state index is 13.4. The fourth-order valence-electron chi connectivity index (χ4n) is 3.48. The molecule has 2 aromatic rings. The van der Waals surface area contributed by atoms with Gasteiger partial charge in [0, 0.05) is 58.7 Å². The summed E-state index contributed by atoms with van der Waals surface area (Å²) in [5, 5.41) is 17.8. The predicted octanol–water partition coefficient (Wildman–Crippen LogP) is 5.85. The summed E-state index contributed by atoms with van der Waals surface area (Å²) in [5.74, 6) is 35.5. The molecule has 2 aromatic carbocycles. The van der Waals surface area contributed by atoms with Gasteiger partial charge in [-0.3, -0.25) is 4.90 Å². The second kappa shape index (κ2) is 16.8. The highest BCUT2D eigenvalue weighted by Crippen LogP contribution is 2.42. The molecule has 10 heteroatoms. The Bertz CT molecular complexity index is 2080. The summed E-state index contributed by atoms with van der Waals surface area (Å²) < 4.78 is 40.1. The first-order chi connectivity index (χ1) is 21.9. The van der Waals surface area contributed by atoms with Gasteiger partial charge in [0.25, 0.3) is 0 Å². The molecule has 0 spiro atoms. The minimum absolute atomic E-state index is 0.0793. The summed E-state index contributed by atoms with van der Waals surface area (Å²) in [6, 6.07) is 11.3. The molecule has 1 aliphatic rings. The molecule has 1 N–H and O–H groups in total. The molecule has 0 amide bonds. The van der Waals surface area contributed by atoms with Crippen LogP contribution in [-0.2, 0) is 6.18 Å². The largest absolute Gasteiger partial charge is 0.508 e. The Labute approximate surface area is 276 Å². The average molecular weight is 641 g/mol. The van der Waals surface area contributed by atoms with Crippen molar-refractivity contribution in [2.75, 3.05) is 9.80 Å². The van der Waals surface area contributed by atoms with Crippen LogP contribution < -0.4 is 9.80 Å². The zero-order valence-corrected chi connectivity index (χ0v) is 25.4. The number of nitriles is 1. The molecule has 5 nitrogen and oxygen atoms in total. The zero-order chi connectivity index (χ0) is 34.2. The number of halogens is 3. The highest BCUT2D eigenvalue weighted by molar-refractivity contribution is 7.83. The molecule has 1 saturated heterocycles. The van der Waals surface area contributed by atoms with Crippen molar-refractivity contribution >= 4 is 51.6 Å². The van der Waals surface area contributed by atoms with Gasteiger partial charge in [-0.05, 0) is 104 Å². The number of phenolic OH excluding ortho intramolecular Hbond substituents is 1. The van der Waals surface area contributed by atoms with Crippen LogP contribution in [0.1, 0.15) is 19.4 Å². The van der Waals surface area contributed by atoms with Crippen LogP contribution in [0, 0.1) is 113 Å². The first-order valence-electron chi connectivity index (χ1n) is 12.3. The molecule has 1 aliphatic heterocycles. The maximum atomic E-state index is 13.4. The minimum Gasteiger partial charge on any atom is -0.508 e. The Kier molecular flexibility index (Phi) is 12.9. The van der Waals surface area contributed by atoms with Gasteiger partial charge >= 0.3 is 6.18 Å². The van der Waals surface area contributed by atoms with Crippen molar-refractivity contribution in [2.24, 2.45) is 0 Å². The smallest absolute Gasteiger partial charge is 0.407 e. The van der Waals surface area contributed by atoms with Crippen LogP contribution in [0.5, 0.6) is 5.75 Å². The van der Waals surface area contributed by atoms with Crippen LogP contribution in [0.15, 0.2) is 42.5 Å². The fourth-order valence-corrected chi connectivity index (χ4v) is 4.36. The van der Waals surface area contributed by atoms with Gasteiger partial charge in [-0.15, -0.1) is 6.42 Å². The topological polar surface area (TPSA) is 54.9 Å². The van der Waals surface area contributed by atoms with Crippen molar-refractivity contribution in [1.29, 1.82) is 5.26 Å². The van der Waals surface area contributed by atoms with Crippen molar-refractivity contribution in [3.63, 3.8) is 0 Å². The summed E-state index contributed by atoms with van der Waals surface area (Å²) in [4.78, 5) is 6.41. The van der Waals surface area contributed by atoms with Crippen molar-refractivity contribution in [2.45, 2.75) is 25.6 Å². The number of rotatable bonds is 2. The summed E-state index contributed by atoms with van der Waals surface area (Å²) in [7, 11) is 0. The molecule has 3 rings (SSSR count). The van der Waals surface area contributed by atoms with E-state index in [1.807, 2.05) is 13.8 Å². The normalized spacial score (nSPS) is 11.4. The number of anilines is 2. The average Bonchev–Trinajstić information content (AvgIpc) is 3.20. The van der Waals surface area contributed by atoms with Crippen LogP contribution >= 0.6 is 24.4 Å². The summed E-state index contributed by atoms with van der Waals surface area (Å²) in [5.41, 5.74) is -1.52. The van der Waals surface area contributed by atoms with E-state index < -0.39 is 23.0 Å². The quantitative estimate of drug-likeness (QED) is 0.253. The Morgan fingerprint density at radius 3 is 1.70 bits per heavy atom. The van der Waals surface area contributed by atoms with Crippen molar-refractivity contribution < 1.29 is 18.3 Å². The highest BCUT2D eigenvalue weighted by atomic mass is 32.1. The van der Waals surface area contributed by atoms with Gasteiger partial charge in [0.2, 0.25) is 0 Å². The first kappa shape index (κ1) is 35.5. The third-order valence-electron chi connectivity index (χ3n) is 5.38. The van der Waals surface area contributed by atoms with Gasteiger partial charge < -0.3 is 10.0 Å². The van der Waals surface area contributed by atoms with Gasteiger partial charge in [0.1, 0.15) is 10.7 Å². The Morgan fingerprint density at radius 2 is 1.26 bits per heavy atom. The number of phenols is 1. The van der Waals surface area contributed by atoms with Crippen LogP contribution in [0.4, 0.5) is 30.2 Å². The Balaban J connectivity index is 0.000000356. The summed E-state index contributed by atoms with van der Waals surface area (Å²) >= 11 is 11.1. The lowest BCUT2D eigenvalue weighted by Gasteiger charge is -2.30. The number of nitrogens with zero attached hydrogens (tertiary/aromatic N) is 4. The number of hydrogen-bond acceptors (Lipinski definition) is 4. The zero-order valence-electron chi connectivity index (χ0n) is 23.8. The van der Waals surface area contributed by atoms with Gasteiger partial charge in [-0.1, -0.05) is 18.3 Å². The number of terminal acetylenes is 1. The molecular formula is C36H15F3N4OS2. The predicted molar refractivity (Wildman–Crippen MR) is 179 cm³/mol. The van der Waals surface area contributed by atoms with E-state index >= 15 is 0 Å². The standard InChI is InChI=1S/C19H14F3N3OS2.C17HN/c1-18(2)16(27)24(17(28)25(18)11-4-7-13(26)8-5-11)12-6-9-15(23-3)14(10-12)19(20,21)22;1-2-3-4-5-6-7-8-9-10-11-12-13-14-15-16-17-18/h4-10,26H,1-2H3;1H. The van der Waals surface area contributed by atoms with E-state index in [4.69, 9.17) is 42.7 Å². The molecule has 46 heavy (non-hydrogen) atoms. The Morgan fingerprint density at radius 1 is 0.804 bits per heavy atom. The van der Waals surface area contributed by atoms with E-state index in [1.54, 1.807) is 23.1 Å². The lowest BCUT2D eigenvalue weighted by molar-refractivity contribution is -0.136. The number of thiocarbonyl (C=S) groups is 2. The molecule has 0 bridgehead atoms. The summed E-state index contributed by atoms with van der Waals surface area (Å²) in [6.45, 7) is 10.6. The molecule has 0 aromatic heterocycles. The van der Waals surface area contributed by atoms with Crippen LogP contribution in [-0.4, -0.2) is 20.7 Å². The molecule has 218 valence electrons. The first-order valence-corrected chi connectivity index (χ1v) is 13.1. The lowest BCUT2D eigenvalue weighted by atomic mass is 10.0. The molecule has 0 atom stereocenters. The molecule has 0 aliphatic carbocycles. The van der Waals surface area contributed by atoms with E-state index in [0.717, 1.165) is 12.1 Å². The molecule has 1 fully saturated rings. The number of aromatic hydroxyl groups is 1. The second-order valence-electron chi connectivity index (χ2n) is 8.65. The fraction of sp³-hybridized carbons (Fsp3) is 0.111. The van der Waals surface area contributed by atoms with Crippen LogP contribution in [0.3, 0.4) is 0 Å². The van der Waals surface area contributed by atoms with Gasteiger partial charge in [-0.2, -0.15) is 18.4 Å². The minimum atomic E-state index is -4.68. The van der Waals surface area contributed by atoms with E-state index in [-0.39, 0.29) is 16.5 Å². The van der Waals surface area contributed by atoms with Crippen LogP contribution in [0.2, 0.25) is 0 Å². The van der Waals surface area contributed by atoms with Gasteiger partial charge in [0.15, 0.2) is 16.9 Å². The monoisotopic (exact) mass is 640 g/mol. The van der Waals surface area contributed by atoms with Crippen LogP contribution in [0.25, 0.3) is 4.85 Å². The van der Waals surface area contributed by atoms with Gasteiger partial charge in [0.05, 0.1) is 17.7 Å². The molecule has 0 radical (unpaired) electrons. The number of hydrogen-bond donors (Lipinski definition) is 1. The molecule has 0 saturated carbocycles. The third-order valence-corrected chi connectivity index (χ3v) is 6.43. The van der Waals surface area contributed by atoms with E-state index in [2.05, 4.69) is 93.7 Å². The van der Waals surface area contributed by atoms with Crippen molar-refractivity contribution in [1.82, 2.24) is 0 Å². The third kappa shape index (κ3) is 9.65. The molecule has 1 heterocycles. The van der Waals surface area contributed by atoms with E-state index in [0.29, 0.717) is 10.7 Å². The van der Waals surface area contributed by atoms with E-state index in [9.17, 15) is 18.3 Å². The molecule has 0 unspecified atom stereocenters. The van der Waals surface area contributed by atoms with E-state index in [1.165, 1.54) is 23.1 Å². The lowest BCUT2D eigenvalue weighted by Crippen LogP contribution is -2.43. The van der Waals surface area contributed by atoms with Crippen molar-refractivity contribution in [3.8, 4) is 107 Å². The molecular weight excluding hydrogens is 626 g/mol. The maximum Gasteiger partial charge on any atom is 0.407 e. The SMILES string of the molecule is C#CC#CC#CC#CC#CC#CC#CC#CC#N.[C-]#[N+]c1ccc(N2C(=S)N(c3ccc(O)cc3)C(C)(C)C2=S)cc1C(F)(F)F. The second-order valence-corrected chi connectivity index (χ2v) is 9.40.